The summed E-state index contributed by atoms with van der Waals surface area (Å²) in [5.41, 5.74) is 0. The number of rotatable bonds is 7. The Morgan fingerprint density at radius 1 is 1.25 bits per heavy atom. The molecule has 1 heterocycles. The van der Waals surface area contributed by atoms with E-state index in [-0.39, 0.29) is 39.9 Å². The summed E-state index contributed by atoms with van der Waals surface area (Å²) in [4.78, 5) is 12.1. The number of hydrogen-bond donors (Lipinski definition) is 1. The Morgan fingerprint density at radius 3 is 2.62 bits per heavy atom. The van der Waals surface area contributed by atoms with Crippen LogP contribution in [0.4, 0.5) is 0 Å². The summed E-state index contributed by atoms with van der Waals surface area (Å²) >= 11 is 0. The van der Waals surface area contributed by atoms with E-state index >= 15 is 0 Å². The number of amides is 1. The van der Waals surface area contributed by atoms with Crippen molar-refractivity contribution in [2.45, 2.75) is 37.0 Å². The lowest BCUT2D eigenvalue weighted by molar-refractivity contribution is 0.0909. The van der Waals surface area contributed by atoms with Crippen LogP contribution in [-0.2, 0) is 15.6 Å². The van der Waals surface area contributed by atoms with Crippen molar-refractivity contribution in [3.63, 3.8) is 0 Å². The molecule has 0 radical (unpaired) electrons. The molecule has 0 aliphatic carbocycles. The molecule has 0 saturated heterocycles. The third-order valence-corrected chi connectivity index (χ3v) is 5.28. The zero-order valence-corrected chi connectivity index (χ0v) is 14.7. The highest BCUT2D eigenvalue weighted by molar-refractivity contribution is 7.90. The van der Waals surface area contributed by atoms with Crippen LogP contribution in [0.1, 0.15) is 36.6 Å². The van der Waals surface area contributed by atoms with Crippen LogP contribution in [0, 0.1) is 0 Å². The van der Waals surface area contributed by atoms with Crippen LogP contribution in [0.25, 0.3) is 0 Å². The van der Waals surface area contributed by atoms with Gasteiger partial charge in [-0.05, 0) is 37.6 Å². The van der Waals surface area contributed by atoms with Crippen LogP contribution in [0.15, 0.2) is 45.7 Å². The minimum atomic E-state index is -3.65. The number of carbonyl (C=O) groups excluding carboxylic acids is 1. The van der Waals surface area contributed by atoms with Crippen LogP contribution < -0.4 is 10.1 Å². The van der Waals surface area contributed by atoms with Gasteiger partial charge in [0, 0.05) is 6.04 Å². The SMILES string of the molecule is CC[C@@H](C)NC(=O)c1ccc(CS(=O)(=O)c2ccccc2OC)o1. The Balaban J connectivity index is 2.18. The van der Waals surface area contributed by atoms with Gasteiger partial charge in [0.05, 0.1) is 7.11 Å². The highest BCUT2D eigenvalue weighted by Crippen LogP contribution is 2.26. The van der Waals surface area contributed by atoms with Crippen molar-refractivity contribution in [3.05, 3.63) is 47.9 Å². The molecule has 1 N–H and O–H groups in total. The van der Waals surface area contributed by atoms with E-state index in [4.69, 9.17) is 9.15 Å². The molecule has 1 atom stereocenters. The van der Waals surface area contributed by atoms with Crippen molar-refractivity contribution in [2.24, 2.45) is 0 Å². The van der Waals surface area contributed by atoms with E-state index in [9.17, 15) is 13.2 Å². The van der Waals surface area contributed by atoms with Gasteiger partial charge in [0.15, 0.2) is 15.6 Å². The topological polar surface area (TPSA) is 85.6 Å². The van der Waals surface area contributed by atoms with Gasteiger partial charge < -0.3 is 14.5 Å². The molecule has 1 aromatic heterocycles. The van der Waals surface area contributed by atoms with Gasteiger partial charge in [-0.25, -0.2) is 8.42 Å². The first-order chi connectivity index (χ1) is 11.4. The monoisotopic (exact) mass is 351 g/mol. The van der Waals surface area contributed by atoms with Crippen molar-refractivity contribution < 1.29 is 22.4 Å². The molecule has 2 aromatic rings. The molecule has 24 heavy (non-hydrogen) atoms. The molecule has 0 spiro atoms. The van der Waals surface area contributed by atoms with E-state index in [0.717, 1.165) is 6.42 Å². The summed E-state index contributed by atoms with van der Waals surface area (Å²) in [7, 11) is -2.23. The van der Waals surface area contributed by atoms with E-state index in [2.05, 4.69) is 5.32 Å². The average Bonchev–Trinajstić information content (AvgIpc) is 3.02. The molecule has 0 fully saturated rings. The maximum atomic E-state index is 12.5. The average molecular weight is 351 g/mol. The quantitative estimate of drug-likeness (QED) is 0.829. The molecule has 0 aliphatic heterocycles. The Morgan fingerprint density at radius 2 is 1.96 bits per heavy atom. The first-order valence-corrected chi connectivity index (χ1v) is 9.28. The standard InChI is InChI=1S/C17H21NO5S/c1-4-12(2)18-17(19)15-10-9-13(23-15)11-24(20,21)16-8-6-5-7-14(16)22-3/h5-10,12H,4,11H2,1-3H3,(H,18,19)/t12-/m1/s1. The maximum absolute atomic E-state index is 12.5. The number of ether oxygens (including phenoxy) is 1. The van der Waals surface area contributed by atoms with Gasteiger partial charge in [0.2, 0.25) is 0 Å². The summed E-state index contributed by atoms with van der Waals surface area (Å²) in [5.74, 6) is -0.121. The zero-order valence-electron chi connectivity index (χ0n) is 13.9. The summed E-state index contributed by atoms with van der Waals surface area (Å²) in [6.45, 7) is 3.84. The second-order valence-corrected chi connectivity index (χ2v) is 7.42. The second-order valence-electron chi connectivity index (χ2n) is 5.46. The van der Waals surface area contributed by atoms with Gasteiger partial charge >= 0.3 is 0 Å². The molecular weight excluding hydrogens is 330 g/mol. The third-order valence-electron chi connectivity index (χ3n) is 3.61. The first-order valence-electron chi connectivity index (χ1n) is 7.62. The number of benzene rings is 1. The summed E-state index contributed by atoms with van der Waals surface area (Å²) in [6, 6.07) is 9.38. The molecule has 6 nitrogen and oxygen atoms in total. The fraction of sp³-hybridized carbons (Fsp3) is 0.353. The fourth-order valence-corrected chi connectivity index (χ4v) is 3.54. The van der Waals surface area contributed by atoms with E-state index in [1.54, 1.807) is 18.2 Å². The molecule has 7 heteroatoms. The number of hydrogen-bond acceptors (Lipinski definition) is 5. The van der Waals surface area contributed by atoms with Crippen LogP contribution in [0.2, 0.25) is 0 Å². The predicted octanol–water partition coefficient (Wildman–Crippen LogP) is 2.79. The van der Waals surface area contributed by atoms with Crippen molar-refractivity contribution in [1.82, 2.24) is 5.32 Å². The lowest BCUT2D eigenvalue weighted by Crippen LogP contribution is -2.31. The maximum Gasteiger partial charge on any atom is 0.287 e. The number of carbonyl (C=O) groups is 1. The number of furan rings is 1. The van der Waals surface area contributed by atoms with E-state index < -0.39 is 9.84 Å². The van der Waals surface area contributed by atoms with Gasteiger partial charge in [-0.1, -0.05) is 19.1 Å². The normalized spacial score (nSPS) is 12.6. The van der Waals surface area contributed by atoms with Gasteiger partial charge in [-0.3, -0.25) is 4.79 Å². The van der Waals surface area contributed by atoms with Crippen molar-refractivity contribution in [2.75, 3.05) is 7.11 Å². The molecule has 0 unspecified atom stereocenters. The van der Waals surface area contributed by atoms with Crippen molar-refractivity contribution in [3.8, 4) is 5.75 Å². The highest BCUT2D eigenvalue weighted by atomic mass is 32.2. The fourth-order valence-electron chi connectivity index (χ4n) is 2.12. The van der Waals surface area contributed by atoms with E-state index in [1.807, 2.05) is 13.8 Å². The summed E-state index contributed by atoms with van der Waals surface area (Å²) < 4.78 is 35.6. The molecule has 0 saturated carbocycles. The molecule has 1 amide bonds. The van der Waals surface area contributed by atoms with Gasteiger partial charge in [0.1, 0.15) is 22.2 Å². The molecular formula is C17H21NO5S. The number of sulfone groups is 1. The number of para-hydroxylation sites is 1. The summed E-state index contributed by atoms with van der Waals surface area (Å²) in [5, 5.41) is 2.77. The number of methoxy groups -OCH3 is 1. The lowest BCUT2D eigenvalue weighted by atomic mass is 10.2. The molecule has 1 aromatic carbocycles. The van der Waals surface area contributed by atoms with Gasteiger partial charge in [-0.2, -0.15) is 0 Å². The smallest absolute Gasteiger partial charge is 0.287 e. The molecule has 0 bridgehead atoms. The molecule has 130 valence electrons. The third kappa shape index (κ3) is 4.17. The Hall–Kier alpha value is -2.28. The Bertz CT molecular complexity index is 810. The summed E-state index contributed by atoms with van der Waals surface area (Å²) in [6.07, 6.45) is 0.793. The Kier molecular flexibility index (Phi) is 5.66. The van der Waals surface area contributed by atoms with Crippen LogP contribution in [-0.4, -0.2) is 27.5 Å². The lowest BCUT2D eigenvalue weighted by Gasteiger charge is -2.09. The van der Waals surface area contributed by atoms with Crippen molar-refractivity contribution in [1.29, 1.82) is 0 Å². The number of nitrogens with one attached hydrogen (secondary N) is 1. The highest BCUT2D eigenvalue weighted by Gasteiger charge is 2.22. The van der Waals surface area contributed by atoms with Gasteiger partial charge in [-0.15, -0.1) is 0 Å². The van der Waals surface area contributed by atoms with Crippen molar-refractivity contribution >= 4 is 15.7 Å². The first kappa shape index (κ1) is 18.1. The Labute approximate surface area is 141 Å². The molecule has 2 rings (SSSR count). The van der Waals surface area contributed by atoms with Gasteiger partial charge in [0.25, 0.3) is 5.91 Å². The minimum Gasteiger partial charge on any atom is -0.495 e. The zero-order chi connectivity index (χ0) is 17.7. The van der Waals surface area contributed by atoms with Crippen LogP contribution in [0.5, 0.6) is 5.75 Å². The van der Waals surface area contributed by atoms with Crippen LogP contribution >= 0.6 is 0 Å². The van der Waals surface area contributed by atoms with Crippen LogP contribution in [0.3, 0.4) is 0 Å². The predicted molar refractivity (Wildman–Crippen MR) is 89.8 cm³/mol. The minimum absolute atomic E-state index is 0.0170. The largest absolute Gasteiger partial charge is 0.495 e. The van der Waals surface area contributed by atoms with E-state index in [0.29, 0.717) is 0 Å². The second kappa shape index (κ2) is 7.53. The van der Waals surface area contributed by atoms with E-state index in [1.165, 1.54) is 25.3 Å². The molecule has 0 aliphatic rings.